The lowest BCUT2D eigenvalue weighted by molar-refractivity contribution is 0.0742. The zero-order valence-corrected chi connectivity index (χ0v) is 28.3. The van der Waals surface area contributed by atoms with E-state index < -0.39 is 0 Å². The number of amides is 2. The number of nitrogens with two attached hydrogens (primary N) is 2. The topological polar surface area (TPSA) is 114 Å². The molecule has 0 aliphatic rings. The van der Waals surface area contributed by atoms with E-state index in [-0.39, 0.29) is 23.9 Å². The Bertz CT molecular complexity index is 2180. The third-order valence-corrected chi connectivity index (χ3v) is 9.61. The number of fused-ring (bicyclic) bond motifs is 2. The molecule has 0 fully saturated rings. The van der Waals surface area contributed by atoms with Gasteiger partial charge in [-0.05, 0) is 112 Å². The van der Waals surface area contributed by atoms with E-state index in [2.05, 4.69) is 51.6 Å². The molecular formula is C39H36BrN5O2. The second-order valence-electron chi connectivity index (χ2n) is 12.0. The third kappa shape index (κ3) is 6.16. The van der Waals surface area contributed by atoms with Crippen LogP contribution < -0.4 is 16.8 Å². The molecular weight excluding hydrogens is 650 g/mol. The number of aryl methyl sites for hydroxylation is 1. The normalized spacial score (nSPS) is 12.5. The van der Waals surface area contributed by atoms with Crippen LogP contribution in [0.2, 0.25) is 0 Å². The summed E-state index contributed by atoms with van der Waals surface area (Å²) in [7, 11) is 1.81. The number of benzene rings is 5. The lowest BCUT2D eigenvalue weighted by Gasteiger charge is -2.27. The van der Waals surface area contributed by atoms with Crippen LogP contribution in [0, 0.1) is 6.92 Å². The van der Waals surface area contributed by atoms with Crippen molar-refractivity contribution in [2.24, 2.45) is 0 Å². The van der Waals surface area contributed by atoms with Crippen molar-refractivity contribution < 1.29 is 9.59 Å². The van der Waals surface area contributed by atoms with Gasteiger partial charge in [-0.25, -0.2) is 0 Å². The molecule has 8 heteroatoms. The molecule has 0 spiro atoms. The molecule has 2 atom stereocenters. The molecule has 5 N–H and O–H groups in total. The van der Waals surface area contributed by atoms with Gasteiger partial charge in [0.25, 0.3) is 11.8 Å². The monoisotopic (exact) mass is 685 g/mol. The minimum atomic E-state index is -0.270. The second-order valence-corrected chi connectivity index (χ2v) is 12.8. The van der Waals surface area contributed by atoms with Gasteiger partial charge in [-0.2, -0.15) is 0 Å². The van der Waals surface area contributed by atoms with Gasteiger partial charge in [-0.3, -0.25) is 14.6 Å². The number of rotatable bonds is 7. The van der Waals surface area contributed by atoms with Crippen molar-refractivity contribution in [3.63, 3.8) is 0 Å². The number of halogens is 1. The van der Waals surface area contributed by atoms with Crippen molar-refractivity contribution in [1.82, 2.24) is 15.2 Å². The summed E-state index contributed by atoms with van der Waals surface area (Å²) >= 11 is 3.47. The Morgan fingerprint density at radius 1 is 0.809 bits per heavy atom. The van der Waals surface area contributed by atoms with Crippen LogP contribution in [0.1, 0.15) is 63.3 Å². The fourth-order valence-electron chi connectivity index (χ4n) is 6.14. The molecule has 1 aromatic heterocycles. The Kier molecular flexibility index (Phi) is 8.71. The number of carbonyl (C=O) groups is 2. The molecule has 0 radical (unpaired) electrons. The molecule has 0 aliphatic heterocycles. The van der Waals surface area contributed by atoms with Gasteiger partial charge in [0.15, 0.2) is 0 Å². The molecule has 236 valence electrons. The summed E-state index contributed by atoms with van der Waals surface area (Å²) in [6.45, 7) is 5.92. The molecule has 7 nitrogen and oxygen atoms in total. The van der Waals surface area contributed by atoms with Crippen LogP contribution in [-0.2, 0) is 0 Å². The first-order valence-corrected chi connectivity index (χ1v) is 16.2. The maximum Gasteiger partial charge on any atom is 0.254 e. The van der Waals surface area contributed by atoms with Crippen LogP contribution in [0.5, 0.6) is 0 Å². The number of pyridine rings is 1. The summed E-state index contributed by atoms with van der Waals surface area (Å²) in [5.41, 5.74) is 19.8. The quantitative estimate of drug-likeness (QED) is 0.146. The third-order valence-electron chi connectivity index (χ3n) is 8.92. The largest absolute Gasteiger partial charge is 0.399 e. The van der Waals surface area contributed by atoms with Gasteiger partial charge in [0, 0.05) is 45.6 Å². The smallest absolute Gasteiger partial charge is 0.254 e. The van der Waals surface area contributed by atoms with E-state index in [9.17, 15) is 9.59 Å². The number of anilines is 2. The van der Waals surface area contributed by atoms with E-state index in [1.807, 2.05) is 70.4 Å². The lowest BCUT2D eigenvalue weighted by Crippen LogP contribution is -2.30. The van der Waals surface area contributed by atoms with Gasteiger partial charge in [-0.15, -0.1) is 0 Å². The van der Waals surface area contributed by atoms with E-state index in [1.54, 1.807) is 35.2 Å². The molecule has 0 saturated heterocycles. The summed E-state index contributed by atoms with van der Waals surface area (Å²) < 4.78 is 0.685. The second kappa shape index (κ2) is 12.9. The summed E-state index contributed by atoms with van der Waals surface area (Å²) in [5.74, 6) is -0.303. The molecule has 0 unspecified atom stereocenters. The average Bonchev–Trinajstić information content (AvgIpc) is 3.08. The molecule has 1 heterocycles. The maximum atomic E-state index is 13.6. The van der Waals surface area contributed by atoms with Crippen LogP contribution in [0.15, 0.2) is 108 Å². The lowest BCUT2D eigenvalue weighted by atomic mass is 9.93. The Morgan fingerprint density at radius 3 is 2.30 bits per heavy atom. The standard InChI is InChI=1S/C39H36BrN5O2/c1-22-11-14-27(41)20-33(22)39(47)45(4)24(3)30-9-6-10-32-31(17-18-43-37(30)32)26-13-12-25-7-5-8-29(34(25)19-26)23(2)44-38(46)35-21-28(42)15-16-36(35)40/h5-21,23-24H,41-42H2,1-4H3,(H,44,46)/t23-,24-/m1/s1. The minimum Gasteiger partial charge on any atom is -0.399 e. The number of nitrogen functional groups attached to an aromatic ring is 2. The van der Waals surface area contributed by atoms with E-state index in [0.717, 1.165) is 49.5 Å². The van der Waals surface area contributed by atoms with E-state index in [4.69, 9.17) is 16.5 Å². The van der Waals surface area contributed by atoms with Crippen LogP contribution in [0.3, 0.4) is 0 Å². The molecule has 5 aromatic carbocycles. The number of hydrogen-bond acceptors (Lipinski definition) is 5. The highest BCUT2D eigenvalue weighted by molar-refractivity contribution is 9.10. The van der Waals surface area contributed by atoms with Crippen molar-refractivity contribution in [2.45, 2.75) is 32.9 Å². The number of hydrogen-bond donors (Lipinski definition) is 3. The SMILES string of the molecule is Cc1ccc(N)cc1C(=O)N(C)[C@H](C)c1cccc2c(-c3ccc4cccc([C@@H](C)NC(=O)c5cc(N)ccc5Br)c4c3)ccnc12. The Hall–Kier alpha value is -5.21. The summed E-state index contributed by atoms with van der Waals surface area (Å²) in [6, 6.07) is 30.8. The Balaban J connectivity index is 1.36. The summed E-state index contributed by atoms with van der Waals surface area (Å²) in [6.07, 6.45) is 1.82. The predicted octanol–water partition coefficient (Wildman–Crippen LogP) is 8.61. The number of carbonyl (C=O) groups excluding carboxylic acids is 2. The van der Waals surface area contributed by atoms with Gasteiger partial charge >= 0.3 is 0 Å². The fraction of sp³-hybridized carbons (Fsp3) is 0.154. The van der Waals surface area contributed by atoms with Gasteiger partial charge in [-0.1, -0.05) is 54.6 Å². The first kappa shape index (κ1) is 31.8. The van der Waals surface area contributed by atoms with E-state index in [0.29, 0.717) is 27.0 Å². The first-order valence-electron chi connectivity index (χ1n) is 15.4. The summed E-state index contributed by atoms with van der Waals surface area (Å²) in [4.78, 5) is 33.3. The van der Waals surface area contributed by atoms with E-state index >= 15 is 0 Å². The number of nitrogens with zero attached hydrogens (tertiary/aromatic N) is 2. The van der Waals surface area contributed by atoms with Crippen molar-refractivity contribution >= 4 is 60.8 Å². The minimum absolute atomic E-state index is 0.0955. The molecule has 6 rings (SSSR count). The Labute approximate surface area is 282 Å². The number of aromatic nitrogens is 1. The van der Waals surface area contributed by atoms with Gasteiger partial charge in [0.2, 0.25) is 0 Å². The van der Waals surface area contributed by atoms with Crippen LogP contribution in [0.25, 0.3) is 32.8 Å². The van der Waals surface area contributed by atoms with E-state index in [1.165, 1.54) is 0 Å². The van der Waals surface area contributed by atoms with Crippen LogP contribution in [-0.4, -0.2) is 28.7 Å². The maximum absolute atomic E-state index is 13.6. The van der Waals surface area contributed by atoms with Crippen molar-refractivity contribution in [1.29, 1.82) is 0 Å². The van der Waals surface area contributed by atoms with Crippen LogP contribution in [0.4, 0.5) is 11.4 Å². The Morgan fingerprint density at radius 2 is 1.51 bits per heavy atom. The highest BCUT2D eigenvalue weighted by Gasteiger charge is 2.23. The average molecular weight is 687 g/mol. The van der Waals surface area contributed by atoms with Crippen molar-refractivity contribution in [2.75, 3.05) is 18.5 Å². The van der Waals surface area contributed by atoms with Crippen molar-refractivity contribution in [3.8, 4) is 11.1 Å². The molecule has 0 saturated carbocycles. The summed E-state index contributed by atoms with van der Waals surface area (Å²) in [5, 5.41) is 6.25. The molecule has 47 heavy (non-hydrogen) atoms. The van der Waals surface area contributed by atoms with Gasteiger partial charge in [0.1, 0.15) is 0 Å². The number of nitrogens with one attached hydrogen (secondary N) is 1. The predicted molar refractivity (Wildman–Crippen MR) is 195 cm³/mol. The highest BCUT2D eigenvalue weighted by Crippen LogP contribution is 2.36. The zero-order chi connectivity index (χ0) is 33.4. The van der Waals surface area contributed by atoms with Gasteiger partial charge in [0.05, 0.1) is 23.2 Å². The van der Waals surface area contributed by atoms with Crippen molar-refractivity contribution in [3.05, 3.63) is 136 Å². The zero-order valence-electron chi connectivity index (χ0n) is 26.7. The number of para-hydroxylation sites is 1. The highest BCUT2D eigenvalue weighted by atomic mass is 79.9. The van der Waals surface area contributed by atoms with Gasteiger partial charge < -0.3 is 21.7 Å². The molecule has 6 aromatic rings. The van der Waals surface area contributed by atoms with Crippen LogP contribution >= 0.6 is 15.9 Å². The fourth-order valence-corrected chi connectivity index (χ4v) is 6.57. The first-order chi connectivity index (χ1) is 22.5. The molecule has 0 bridgehead atoms. The molecule has 0 aliphatic carbocycles. The molecule has 2 amide bonds.